The molecule has 0 N–H and O–H groups in total. The lowest BCUT2D eigenvalue weighted by Crippen LogP contribution is -2.32. The van der Waals surface area contributed by atoms with E-state index in [1.54, 1.807) is 29.0 Å². The number of halogens is 1. The zero-order valence-electron chi connectivity index (χ0n) is 12.1. The highest BCUT2D eigenvalue weighted by Gasteiger charge is 2.21. The van der Waals surface area contributed by atoms with Gasteiger partial charge in [0.15, 0.2) is 0 Å². The summed E-state index contributed by atoms with van der Waals surface area (Å²) in [6.45, 7) is 3.14. The van der Waals surface area contributed by atoms with Crippen LogP contribution in [0.3, 0.4) is 0 Å². The Morgan fingerprint density at radius 1 is 1.29 bits per heavy atom. The third kappa shape index (κ3) is 3.57. The van der Waals surface area contributed by atoms with Gasteiger partial charge in [0.1, 0.15) is 0 Å². The predicted octanol–water partition coefficient (Wildman–Crippen LogP) is 3.48. The summed E-state index contributed by atoms with van der Waals surface area (Å²) < 4.78 is 2.49. The first-order valence-corrected chi connectivity index (χ1v) is 8.44. The lowest BCUT2D eigenvalue weighted by Gasteiger charge is -2.31. The van der Waals surface area contributed by atoms with E-state index in [4.69, 9.17) is 11.6 Å². The fourth-order valence-corrected chi connectivity index (χ4v) is 4.03. The first-order chi connectivity index (χ1) is 10.1. The van der Waals surface area contributed by atoms with Gasteiger partial charge in [-0.25, -0.2) is 0 Å². The Labute approximate surface area is 133 Å². The lowest BCUT2D eigenvalue weighted by molar-refractivity contribution is 0.206. The van der Waals surface area contributed by atoms with Crippen molar-refractivity contribution in [3.63, 3.8) is 0 Å². The predicted molar refractivity (Wildman–Crippen MR) is 88.3 cm³/mol. The molecular formula is C16H19ClN2OS. The van der Waals surface area contributed by atoms with E-state index in [0.717, 1.165) is 36.8 Å². The molecule has 112 valence electrons. The molecule has 0 amide bonds. The Morgan fingerprint density at radius 2 is 2.05 bits per heavy atom. The number of pyridine rings is 1. The van der Waals surface area contributed by atoms with Crippen LogP contribution < -0.4 is 5.56 Å². The summed E-state index contributed by atoms with van der Waals surface area (Å²) in [7, 11) is 1.79. The van der Waals surface area contributed by atoms with Crippen LogP contribution in [0.1, 0.15) is 29.2 Å². The van der Waals surface area contributed by atoms with Gasteiger partial charge in [-0.3, -0.25) is 9.69 Å². The highest BCUT2D eigenvalue weighted by Crippen LogP contribution is 2.29. The van der Waals surface area contributed by atoms with E-state index in [1.165, 1.54) is 10.4 Å². The van der Waals surface area contributed by atoms with Crippen LogP contribution >= 0.6 is 22.9 Å². The zero-order chi connectivity index (χ0) is 14.8. The van der Waals surface area contributed by atoms with Gasteiger partial charge in [-0.05, 0) is 55.6 Å². The highest BCUT2D eigenvalue weighted by atomic mass is 35.5. The summed E-state index contributed by atoms with van der Waals surface area (Å²) in [6, 6.07) is 7.95. The van der Waals surface area contributed by atoms with Crippen LogP contribution in [0.15, 0.2) is 35.3 Å². The smallest absolute Gasteiger partial charge is 0.250 e. The highest BCUT2D eigenvalue weighted by molar-refractivity contribution is 7.16. The molecule has 5 heteroatoms. The lowest BCUT2D eigenvalue weighted by atomic mass is 9.90. The van der Waals surface area contributed by atoms with Gasteiger partial charge < -0.3 is 4.57 Å². The maximum absolute atomic E-state index is 11.7. The number of hydrogen-bond acceptors (Lipinski definition) is 3. The van der Waals surface area contributed by atoms with Crippen LogP contribution in [-0.4, -0.2) is 22.6 Å². The standard InChI is InChI=1S/C16H19ClN2OS/c1-18-7-4-13(10-16(18)20)12-5-8-19(9-6-12)11-14-2-3-15(17)21-14/h2-4,7,10,12H,5-6,8-9,11H2,1H3. The molecular weight excluding hydrogens is 304 g/mol. The van der Waals surface area contributed by atoms with E-state index < -0.39 is 0 Å². The Bertz CT molecular complexity index is 671. The van der Waals surface area contributed by atoms with Gasteiger partial charge >= 0.3 is 0 Å². The summed E-state index contributed by atoms with van der Waals surface area (Å²) >= 11 is 7.64. The fourth-order valence-electron chi connectivity index (χ4n) is 2.90. The third-order valence-corrected chi connectivity index (χ3v) is 5.41. The van der Waals surface area contributed by atoms with Crippen LogP contribution in [0, 0.1) is 0 Å². The quantitative estimate of drug-likeness (QED) is 0.864. The molecule has 2 aromatic rings. The average molecular weight is 323 g/mol. The minimum atomic E-state index is 0.0863. The van der Waals surface area contributed by atoms with Crippen molar-refractivity contribution in [3.8, 4) is 0 Å². The van der Waals surface area contributed by atoms with Crippen molar-refractivity contribution in [3.05, 3.63) is 55.6 Å². The van der Waals surface area contributed by atoms with E-state index in [1.807, 2.05) is 12.3 Å². The fraction of sp³-hybridized carbons (Fsp3) is 0.438. The third-order valence-electron chi connectivity index (χ3n) is 4.20. The molecule has 21 heavy (non-hydrogen) atoms. The molecule has 0 radical (unpaired) electrons. The number of piperidine rings is 1. The van der Waals surface area contributed by atoms with Gasteiger partial charge in [-0.2, -0.15) is 0 Å². The second-order valence-corrected chi connectivity index (χ2v) is 7.47. The molecule has 1 aliphatic rings. The summed E-state index contributed by atoms with van der Waals surface area (Å²) in [5.41, 5.74) is 1.28. The Balaban J connectivity index is 1.59. The van der Waals surface area contributed by atoms with Crippen molar-refractivity contribution in [2.75, 3.05) is 13.1 Å². The van der Waals surface area contributed by atoms with Crippen molar-refractivity contribution < 1.29 is 0 Å². The maximum atomic E-state index is 11.7. The molecule has 1 aliphatic heterocycles. The number of rotatable bonds is 3. The van der Waals surface area contributed by atoms with Crippen molar-refractivity contribution in [1.82, 2.24) is 9.47 Å². The zero-order valence-corrected chi connectivity index (χ0v) is 13.7. The first kappa shape index (κ1) is 14.8. The molecule has 1 fully saturated rings. The maximum Gasteiger partial charge on any atom is 0.250 e. The van der Waals surface area contributed by atoms with E-state index >= 15 is 0 Å². The van der Waals surface area contributed by atoms with Gasteiger partial charge in [0.2, 0.25) is 0 Å². The Hall–Kier alpha value is -1.10. The van der Waals surface area contributed by atoms with Gasteiger partial charge in [0.05, 0.1) is 4.34 Å². The normalized spacial score (nSPS) is 17.2. The minimum Gasteiger partial charge on any atom is -0.319 e. The number of likely N-dealkylation sites (tertiary alicyclic amines) is 1. The molecule has 0 aliphatic carbocycles. The van der Waals surface area contributed by atoms with E-state index in [-0.39, 0.29) is 5.56 Å². The van der Waals surface area contributed by atoms with Gasteiger partial charge in [0.25, 0.3) is 5.56 Å². The second-order valence-electron chi connectivity index (χ2n) is 5.67. The van der Waals surface area contributed by atoms with Crippen LogP contribution in [0.4, 0.5) is 0 Å². The van der Waals surface area contributed by atoms with Crippen LogP contribution in [0.2, 0.25) is 4.34 Å². The number of thiophene rings is 1. The Kier molecular flexibility index (Phi) is 4.48. The number of aryl methyl sites for hydroxylation is 1. The Morgan fingerprint density at radius 3 is 2.67 bits per heavy atom. The van der Waals surface area contributed by atoms with Crippen LogP contribution in [0.25, 0.3) is 0 Å². The monoisotopic (exact) mass is 322 g/mol. The van der Waals surface area contributed by atoms with Crippen molar-refractivity contribution in [2.24, 2.45) is 7.05 Å². The molecule has 0 aromatic carbocycles. The van der Waals surface area contributed by atoms with Gasteiger partial charge in [-0.1, -0.05) is 11.6 Å². The molecule has 0 spiro atoms. The summed E-state index contributed by atoms with van der Waals surface area (Å²) in [5.74, 6) is 0.516. The van der Waals surface area contributed by atoms with E-state index in [0.29, 0.717) is 5.92 Å². The number of hydrogen-bond donors (Lipinski definition) is 0. The number of aromatic nitrogens is 1. The average Bonchev–Trinajstić information content (AvgIpc) is 2.88. The van der Waals surface area contributed by atoms with Gasteiger partial charge in [-0.15, -0.1) is 11.3 Å². The molecule has 3 heterocycles. The molecule has 3 nitrogen and oxygen atoms in total. The minimum absolute atomic E-state index is 0.0863. The molecule has 0 unspecified atom stereocenters. The largest absolute Gasteiger partial charge is 0.319 e. The van der Waals surface area contributed by atoms with Crippen molar-refractivity contribution >= 4 is 22.9 Å². The second kappa shape index (κ2) is 6.34. The van der Waals surface area contributed by atoms with Crippen LogP contribution in [0.5, 0.6) is 0 Å². The van der Waals surface area contributed by atoms with Crippen molar-refractivity contribution in [1.29, 1.82) is 0 Å². The van der Waals surface area contributed by atoms with Crippen molar-refractivity contribution in [2.45, 2.75) is 25.3 Å². The van der Waals surface area contributed by atoms with Crippen LogP contribution in [-0.2, 0) is 13.6 Å². The topological polar surface area (TPSA) is 25.2 Å². The summed E-state index contributed by atoms with van der Waals surface area (Å²) in [6.07, 6.45) is 4.11. The molecule has 2 aromatic heterocycles. The SMILES string of the molecule is Cn1ccc(C2CCN(Cc3ccc(Cl)s3)CC2)cc1=O. The molecule has 3 rings (SSSR count). The summed E-state index contributed by atoms with van der Waals surface area (Å²) in [4.78, 5) is 15.5. The summed E-state index contributed by atoms with van der Waals surface area (Å²) in [5, 5.41) is 0. The first-order valence-electron chi connectivity index (χ1n) is 7.25. The molecule has 0 atom stereocenters. The molecule has 1 saturated heterocycles. The molecule has 0 bridgehead atoms. The van der Waals surface area contributed by atoms with E-state index in [9.17, 15) is 4.79 Å². The molecule has 0 saturated carbocycles. The van der Waals surface area contributed by atoms with Gasteiger partial charge in [0, 0.05) is 30.7 Å². The number of nitrogens with zero attached hydrogens (tertiary/aromatic N) is 2. The van der Waals surface area contributed by atoms with E-state index in [2.05, 4.69) is 17.0 Å².